The summed E-state index contributed by atoms with van der Waals surface area (Å²) in [6, 6.07) is 12.1. The standard InChI is InChI=1S/C25H15Cl4F3N6O2/c1-40-15-4-2-3-12(7-15)18-9-19(25(30,31)32)38-23(33-18)20(29)21(35-38)24(39)34-22-17(28)11-37(36-22)10-13-5-6-14(26)8-16(13)27/h2-9,11H,10H2,1H3,(H,34,36,39). The maximum Gasteiger partial charge on any atom is 0.433 e. The van der Waals surface area contributed by atoms with E-state index in [0.717, 1.165) is 6.07 Å². The first-order chi connectivity index (χ1) is 18.9. The maximum absolute atomic E-state index is 14.0. The molecule has 0 saturated carbocycles. The van der Waals surface area contributed by atoms with E-state index in [9.17, 15) is 18.0 Å². The second-order valence-corrected chi connectivity index (χ2v) is 10.00. The molecule has 206 valence electrons. The highest BCUT2D eigenvalue weighted by atomic mass is 35.5. The Hall–Kier alpha value is -3.51. The lowest BCUT2D eigenvalue weighted by atomic mass is 10.1. The van der Waals surface area contributed by atoms with Crippen LogP contribution in [0.1, 0.15) is 21.7 Å². The van der Waals surface area contributed by atoms with E-state index >= 15 is 0 Å². The van der Waals surface area contributed by atoms with E-state index in [1.807, 2.05) is 0 Å². The van der Waals surface area contributed by atoms with Crippen molar-refractivity contribution < 1.29 is 22.7 Å². The molecule has 15 heteroatoms. The molecular formula is C25H15Cl4F3N6O2. The van der Waals surface area contributed by atoms with Gasteiger partial charge in [-0.25, -0.2) is 9.50 Å². The summed E-state index contributed by atoms with van der Waals surface area (Å²) in [4.78, 5) is 17.3. The Balaban J connectivity index is 1.49. The molecule has 5 aromatic rings. The van der Waals surface area contributed by atoms with Crippen LogP contribution in [0.25, 0.3) is 16.9 Å². The molecule has 0 spiro atoms. The molecule has 5 rings (SSSR count). The minimum absolute atomic E-state index is 0.0462. The lowest BCUT2D eigenvalue weighted by Gasteiger charge is -2.11. The summed E-state index contributed by atoms with van der Waals surface area (Å²) >= 11 is 24.7. The Morgan fingerprint density at radius 3 is 2.50 bits per heavy atom. The van der Waals surface area contributed by atoms with Crippen LogP contribution in [0.5, 0.6) is 5.75 Å². The number of methoxy groups -OCH3 is 1. The van der Waals surface area contributed by atoms with Gasteiger partial charge in [-0.2, -0.15) is 23.4 Å². The Labute approximate surface area is 244 Å². The molecule has 8 nitrogen and oxygen atoms in total. The van der Waals surface area contributed by atoms with Gasteiger partial charge in [-0.05, 0) is 35.9 Å². The number of alkyl halides is 3. The molecule has 3 heterocycles. The fourth-order valence-electron chi connectivity index (χ4n) is 3.82. The number of anilines is 1. The summed E-state index contributed by atoms with van der Waals surface area (Å²) < 4.78 is 49.1. The van der Waals surface area contributed by atoms with Crippen molar-refractivity contribution in [3.63, 3.8) is 0 Å². The number of carbonyl (C=O) groups is 1. The molecule has 0 aliphatic heterocycles. The van der Waals surface area contributed by atoms with Gasteiger partial charge in [-0.15, -0.1) is 0 Å². The highest BCUT2D eigenvalue weighted by molar-refractivity contribution is 6.37. The van der Waals surface area contributed by atoms with Gasteiger partial charge in [0.2, 0.25) is 0 Å². The van der Waals surface area contributed by atoms with E-state index in [1.165, 1.54) is 24.1 Å². The predicted octanol–water partition coefficient (Wildman–Crippen LogP) is 7.53. The van der Waals surface area contributed by atoms with Gasteiger partial charge in [0.05, 0.1) is 19.3 Å². The topological polar surface area (TPSA) is 86.3 Å². The van der Waals surface area contributed by atoms with Crippen LogP contribution in [0.2, 0.25) is 20.1 Å². The van der Waals surface area contributed by atoms with Crippen molar-refractivity contribution in [1.29, 1.82) is 0 Å². The number of hydrogen-bond acceptors (Lipinski definition) is 5. The number of nitrogens with zero attached hydrogens (tertiary/aromatic N) is 5. The number of rotatable bonds is 6. The number of halogens is 7. The van der Waals surface area contributed by atoms with Gasteiger partial charge in [0.25, 0.3) is 5.91 Å². The fraction of sp³-hybridized carbons (Fsp3) is 0.120. The largest absolute Gasteiger partial charge is 0.497 e. The third-order valence-electron chi connectivity index (χ3n) is 5.70. The van der Waals surface area contributed by atoms with Crippen molar-refractivity contribution in [3.8, 4) is 17.0 Å². The van der Waals surface area contributed by atoms with Gasteiger partial charge in [-0.1, -0.05) is 64.6 Å². The van der Waals surface area contributed by atoms with Crippen molar-refractivity contribution in [1.82, 2.24) is 24.4 Å². The normalized spacial score (nSPS) is 11.7. The first kappa shape index (κ1) is 28.0. The van der Waals surface area contributed by atoms with Crippen molar-refractivity contribution in [2.45, 2.75) is 12.7 Å². The molecule has 0 fully saturated rings. The molecule has 40 heavy (non-hydrogen) atoms. The van der Waals surface area contributed by atoms with Crippen molar-refractivity contribution in [2.75, 3.05) is 12.4 Å². The number of benzene rings is 2. The number of carbonyl (C=O) groups excluding carboxylic acids is 1. The van der Waals surface area contributed by atoms with Crippen LogP contribution in [0, 0.1) is 0 Å². The van der Waals surface area contributed by atoms with Gasteiger partial charge in [0, 0.05) is 21.8 Å². The van der Waals surface area contributed by atoms with Gasteiger partial charge in [0.15, 0.2) is 22.9 Å². The molecule has 3 aromatic heterocycles. The zero-order valence-corrected chi connectivity index (χ0v) is 23.1. The molecule has 0 aliphatic carbocycles. The zero-order valence-electron chi connectivity index (χ0n) is 20.1. The van der Waals surface area contributed by atoms with Crippen LogP contribution in [0.15, 0.2) is 54.7 Å². The third kappa shape index (κ3) is 5.55. The zero-order chi connectivity index (χ0) is 28.8. The molecule has 0 bridgehead atoms. The molecular weight excluding hydrogens is 615 g/mol. The quantitative estimate of drug-likeness (QED) is 0.210. The lowest BCUT2D eigenvalue weighted by molar-refractivity contribution is -0.142. The number of hydrogen-bond donors (Lipinski definition) is 1. The first-order valence-corrected chi connectivity index (χ1v) is 12.7. The minimum atomic E-state index is -4.84. The summed E-state index contributed by atoms with van der Waals surface area (Å²) in [6.07, 6.45) is -3.40. The van der Waals surface area contributed by atoms with E-state index in [2.05, 4.69) is 20.5 Å². The van der Waals surface area contributed by atoms with Crippen LogP contribution in [-0.4, -0.2) is 37.4 Å². The highest BCUT2D eigenvalue weighted by Crippen LogP contribution is 2.35. The summed E-state index contributed by atoms with van der Waals surface area (Å²) in [5.74, 6) is -0.587. The molecule has 2 aromatic carbocycles. The Bertz CT molecular complexity index is 1770. The van der Waals surface area contributed by atoms with Crippen molar-refractivity contribution in [2.24, 2.45) is 0 Å². The molecule has 1 N–H and O–H groups in total. The van der Waals surface area contributed by atoms with Gasteiger partial charge in [-0.3, -0.25) is 9.48 Å². The number of nitrogens with one attached hydrogen (secondary N) is 1. The molecule has 0 aliphatic rings. The number of amides is 1. The van der Waals surface area contributed by atoms with Crippen molar-refractivity contribution in [3.05, 3.63) is 91.8 Å². The van der Waals surface area contributed by atoms with Gasteiger partial charge in [0.1, 0.15) is 15.8 Å². The Morgan fingerprint density at radius 1 is 1.02 bits per heavy atom. The van der Waals surface area contributed by atoms with E-state index in [1.54, 1.807) is 36.4 Å². The molecule has 1 amide bonds. The van der Waals surface area contributed by atoms with E-state index in [-0.39, 0.29) is 28.7 Å². The Morgan fingerprint density at radius 2 is 1.80 bits per heavy atom. The summed E-state index contributed by atoms with van der Waals surface area (Å²) in [6.45, 7) is 0.201. The SMILES string of the molecule is COc1cccc(-c2cc(C(F)(F)F)n3nc(C(=O)Nc4nn(Cc5ccc(Cl)cc5Cl)cc4Cl)c(Cl)c3n2)c1. The number of aromatic nitrogens is 5. The van der Waals surface area contributed by atoms with E-state index < -0.39 is 28.5 Å². The van der Waals surface area contributed by atoms with Crippen molar-refractivity contribution >= 4 is 63.8 Å². The van der Waals surface area contributed by atoms with Crippen LogP contribution in [-0.2, 0) is 12.7 Å². The summed E-state index contributed by atoms with van der Waals surface area (Å²) in [5, 5.41) is 11.0. The molecule has 0 radical (unpaired) electrons. The van der Waals surface area contributed by atoms with Gasteiger partial charge >= 0.3 is 6.18 Å². The fourth-order valence-corrected chi connectivity index (χ4v) is 4.73. The number of fused-ring (bicyclic) bond motifs is 1. The van der Waals surface area contributed by atoms with Crippen LogP contribution < -0.4 is 10.1 Å². The lowest BCUT2D eigenvalue weighted by Crippen LogP contribution is -2.16. The second-order valence-electron chi connectivity index (χ2n) is 8.37. The monoisotopic (exact) mass is 628 g/mol. The molecule has 0 saturated heterocycles. The number of ether oxygens (including phenoxy) is 1. The summed E-state index contributed by atoms with van der Waals surface area (Å²) in [5.41, 5.74) is -1.08. The predicted molar refractivity (Wildman–Crippen MR) is 146 cm³/mol. The van der Waals surface area contributed by atoms with Crippen LogP contribution >= 0.6 is 46.4 Å². The first-order valence-electron chi connectivity index (χ1n) is 11.2. The second kappa shape index (κ2) is 10.8. The summed E-state index contributed by atoms with van der Waals surface area (Å²) in [7, 11) is 1.43. The van der Waals surface area contributed by atoms with Gasteiger partial charge < -0.3 is 10.1 Å². The smallest absolute Gasteiger partial charge is 0.433 e. The van der Waals surface area contributed by atoms with E-state index in [0.29, 0.717) is 31.4 Å². The van der Waals surface area contributed by atoms with E-state index in [4.69, 9.17) is 51.1 Å². The average Bonchev–Trinajstić information content (AvgIpc) is 3.43. The minimum Gasteiger partial charge on any atom is -0.497 e. The highest BCUT2D eigenvalue weighted by Gasteiger charge is 2.37. The maximum atomic E-state index is 14.0. The molecule has 0 atom stereocenters. The van der Waals surface area contributed by atoms with Crippen LogP contribution in [0.4, 0.5) is 19.0 Å². The van der Waals surface area contributed by atoms with Crippen LogP contribution in [0.3, 0.4) is 0 Å². The third-order valence-corrected chi connectivity index (χ3v) is 6.91. The average molecular weight is 630 g/mol. The molecule has 0 unspecified atom stereocenters. The Kier molecular flexibility index (Phi) is 7.58.